The van der Waals surface area contributed by atoms with Crippen LogP contribution in [0, 0.1) is 5.92 Å². The lowest BCUT2D eigenvalue weighted by molar-refractivity contribution is -0.0136. The van der Waals surface area contributed by atoms with Gasteiger partial charge < -0.3 is 19.3 Å². The minimum Gasteiger partial charge on any atom is -0.389 e. The van der Waals surface area contributed by atoms with Crippen molar-refractivity contribution in [3.05, 3.63) is 35.9 Å². The van der Waals surface area contributed by atoms with Crippen molar-refractivity contribution >= 4 is 5.88 Å². The van der Waals surface area contributed by atoms with Gasteiger partial charge in [-0.05, 0) is 46.5 Å². The summed E-state index contributed by atoms with van der Waals surface area (Å²) >= 11 is 0. The largest absolute Gasteiger partial charge is 0.389 e. The van der Waals surface area contributed by atoms with Gasteiger partial charge in [0.05, 0.1) is 24.4 Å². The molecule has 0 aliphatic carbocycles. The van der Waals surface area contributed by atoms with Crippen molar-refractivity contribution in [1.82, 2.24) is 10.1 Å². The molecule has 1 atom stereocenters. The fourth-order valence-electron chi connectivity index (χ4n) is 4.01. The number of hydrogen-bond acceptors (Lipinski definition) is 6. The number of anilines is 1. The summed E-state index contributed by atoms with van der Waals surface area (Å²) in [5.74, 6) is 1.63. The number of rotatable bonds is 10. The van der Waals surface area contributed by atoms with Gasteiger partial charge in [0, 0.05) is 37.8 Å². The van der Waals surface area contributed by atoms with Crippen LogP contribution in [0.25, 0.3) is 11.3 Å². The highest BCUT2D eigenvalue weighted by Gasteiger charge is 2.28. The highest BCUT2D eigenvalue weighted by atomic mass is 16.5. The molecule has 1 fully saturated rings. The molecule has 1 unspecified atom stereocenters. The maximum Gasteiger partial charge on any atom is 0.232 e. The first-order valence-corrected chi connectivity index (χ1v) is 11.7. The molecule has 0 spiro atoms. The number of aliphatic hydroxyl groups excluding tert-OH is 1. The summed E-state index contributed by atoms with van der Waals surface area (Å²) in [5, 5.41) is 15.1. The first-order chi connectivity index (χ1) is 14.8. The van der Waals surface area contributed by atoms with Crippen LogP contribution >= 0.6 is 0 Å². The fraction of sp³-hybridized carbons (Fsp3) is 0.640. The summed E-state index contributed by atoms with van der Waals surface area (Å²) in [7, 11) is 0. The number of nitrogens with zero attached hydrogens (tertiary/aromatic N) is 3. The second-order valence-electron chi connectivity index (χ2n) is 9.41. The Morgan fingerprint density at radius 1 is 1.16 bits per heavy atom. The van der Waals surface area contributed by atoms with Crippen LogP contribution in [0.15, 0.2) is 34.9 Å². The normalized spacial score (nSPS) is 16.6. The molecule has 0 bridgehead atoms. The van der Waals surface area contributed by atoms with Crippen molar-refractivity contribution in [3.8, 4) is 11.3 Å². The zero-order valence-electron chi connectivity index (χ0n) is 19.8. The van der Waals surface area contributed by atoms with Crippen LogP contribution in [0.4, 0.5) is 5.88 Å². The van der Waals surface area contributed by atoms with Gasteiger partial charge in [-0.25, -0.2) is 0 Å². The summed E-state index contributed by atoms with van der Waals surface area (Å²) in [5.41, 5.74) is 3.06. The third-order valence-corrected chi connectivity index (χ3v) is 6.04. The Morgan fingerprint density at radius 2 is 1.84 bits per heavy atom. The van der Waals surface area contributed by atoms with E-state index in [2.05, 4.69) is 47.9 Å². The fourth-order valence-corrected chi connectivity index (χ4v) is 4.01. The van der Waals surface area contributed by atoms with Crippen molar-refractivity contribution in [2.75, 3.05) is 31.1 Å². The van der Waals surface area contributed by atoms with Gasteiger partial charge in [-0.15, -0.1) is 0 Å². The van der Waals surface area contributed by atoms with Crippen LogP contribution < -0.4 is 4.90 Å². The zero-order chi connectivity index (χ0) is 22.4. The molecule has 3 rings (SSSR count). The van der Waals surface area contributed by atoms with E-state index < -0.39 is 6.10 Å². The molecule has 31 heavy (non-hydrogen) atoms. The lowest BCUT2D eigenvalue weighted by Crippen LogP contribution is -2.40. The zero-order valence-corrected chi connectivity index (χ0v) is 19.8. The number of piperidine rings is 1. The summed E-state index contributed by atoms with van der Waals surface area (Å²) < 4.78 is 11.6. The maximum atomic E-state index is 10.6. The number of ether oxygens (including phenoxy) is 1. The molecule has 172 valence electrons. The lowest BCUT2D eigenvalue weighted by atomic mass is 9.98. The monoisotopic (exact) mass is 429 g/mol. The van der Waals surface area contributed by atoms with E-state index >= 15 is 0 Å². The van der Waals surface area contributed by atoms with E-state index in [-0.39, 0.29) is 12.1 Å². The van der Waals surface area contributed by atoms with Crippen molar-refractivity contribution < 1.29 is 14.4 Å². The molecule has 0 radical (unpaired) electrons. The highest BCUT2D eigenvalue weighted by Crippen LogP contribution is 2.34. The molecule has 1 aromatic heterocycles. The number of aliphatic hydroxyl groups is 1. The third kappa shape index (κ3) is 6.55. The Balaban J connectivity index is 1.86. The molecule has 1 N–H and O–H groups in total. The molecule has 1 aliphatic rings. The minimum atomic E-state index is -0.538. The Bertz CT molecular complexity index is 783. The van der Waals surface area contributed by atoms with Crippen LogP contribution in [0.2, 0.25) is 0 Å². The average molecular weight is 430 g/mol. The van der Waals surface area contributed by atoms with Gasteiger partial charge in [-0.1, -0.05) is 42.4 Å². The topological polar surface area (TPSA) is 62.0 Å². The standard InChI is InChI=1S/C25H39N3O3/c1-18(2)28(15-22(29)17-30-19(3)4)16-23-24(21-9-7-6-8-10-21)26-31-25(23)27-13-11-20(5)12-14-27/h6-10,18-20,22,29H,11-17H2,1-5H3. The van der Waals surface area contributed by atoms with E-state index in [1.807, 2.05) is 32.0 Å². The van der Waals surface area contributed by atoms with Gasteiger partial charge in [0.2, 0.25) is 5.88 Å². The van der Waals surface area contributed by atoms with Gasteiger partial charge >= 0.3 is 0 Å². The van der Waals surface area contributed by atoms with Crippen LogP contribution in [-0.4, -0.2) is 59.7 Å². The molecule has 1 saturated heterocycles. The SMILES string of the molecule is CC1CCN(c2onc(-c3ccccc3)c2CN(CC(O)COC(C)C)C(C)C)CC1. The summed E-state index contributed by atoms with van der Waals surface area (Å²) in [6, 6.07) is 10.5. The summed E-state index contributed by atoms with van der Waals surface area (Å²) in [4.78, 5) is 4.62. The second-order valence-corrected chi connectivity index (χ2v) is 9.41. The Labute approximate surface area is 187 Å². The molecule has 2 aromatic rings. The van der Waals surface area contributed by atoms with Gasteiger partial charge in [-0.2, -0.15) is 0 Å². The molecule has 2 heterocycles. The van der Waals surface area contributed by atoms with E-state index in [1.165, 1.54) is 12.8 Å². The quantitative estimate of drug-likeness (QED) is 0.597. The predicted molar refractivity (Wildman–Crippen MR) is 125 cm³/mol. The molecular formula is C25H39N3O3. The summed E-state index contributed by atoms with van der Waals surface area (Å²) in [6.07, 6.45) is 1.90. The second kappa shape index (κ2) is 11.1. The van der Waals surface area contributed by atoms with Gasteiger partial charge in [-0.3, -0.25) is 4.90 Å². The van der Waals surface area contributed by atoms with E-state index in [4.69, 9.17) is 9.26 Å². The van der Waals surface area contributed by atoms with E-state index in [9.17, 15) is 5.11 Å². The molecule has 0 amide bonds. The summed E-state index contributed by atoms with van der Waals surface area (Å²) in [6.45, 7) is 14.1. The smallest absolute Gasteiger partial charge is 0.232 e. The molecule has 6 heteroatoms. The molecule has 6 nitrogen and oxygen atoms in total. The number of aromatic nitrogens is 1. The highest BCUT2D eigenvalue weighted by molar-refractivity contribution is 5.68. The van der Waals surface area contributed by atoms with E-state index in [1.54, 1.807) is 0 Å². The third-order valence-electron chi connectivity index (χ3n) is 6.04. The average Bonchev–Trinajstić information content (AvgIpc) is 3.16. The lowest BCUT2D eigenvalue weighted by Gasteiger charge is -2.32. The van der Waals surface area contributed by atoms with Crippen molar-refractivity contribution in [3.63, 3.8) is 0 Å². The Kier molecular flexibility index (Phi) is 8.52. The maximum absolute atomic E-state index is 10.6. The Hall–Kier alpha value is -1.89. The van der Waals surface area contributed by atoms with Crippen molar-refractivity contribution in [2.24, 2.45) is 5.92 Å². The van der Waals surface area contributed by atoms with Crippen molar-refractivity contribution in [1.29, 1.82) is 0 Å². The van der Waals surface area contributed by atoms with Crippen molar-refractivity contribution in [2.45, 2.75) is 72.3 Å². The number of benzene rings is 1. The number of hydrogen-bond donors (Lipinski definition) is 1. The van der Waals surface area contributed by atoms with E-state index in [0.717, 1.165) is 41.7 Å². The van der Waals surface area contributed by atoms with Crippen LogP contribution in [0.5, 0.6) is 0 Å². The Morgan fingerprint density at radius 3 is 2.45 bits per heavy atom. The molecular weight excluding hydrogens is 390 g/mol. The van der Waals surface area contributed by atoms with Gasteiger partial charge in [0.1, 0.15) is 5.69 Å². The first kappa shape index (κ1) is 23.8. The van der Waals surface area contributed by atoms with Crippen LogP contribution in [-0.2, 0) is 11.3 Å². The predicted octanol–water partition coefficient (Wildman–Crippen LogP) is 4.57. The molecule has 1 aliphatic heterocycles. The van der Waals surface area contributed by atoms with E-state index in [0.29, 0.717) is 19.7 Å². The van der Waals surface area contributed by atoms with Crippen LogP contribution in [0.3, 0.4) is 0 Å². The molecule has 0 saturated carbocycles. The first-order valence-electron chi connectivity index (χ1n) is 11.7. The molecule has 1 aromatic carbocycles. The van der Waals surface area contributed by atoms with Gasteiger partial charge in [0.15, 0.2) is 0 Å². The van der Waals surface area contributed by atoms with Crippen LogP contribution in [0.1, 0.15) is 53.0 Å². The minimum absolute atomic E-state index is 0.109. The van der Waals surface area contributed by atoms with Gasteiger partial charge in [0.25, 0.3) is 0 Å².